The van der Waals surface area contributed by atoms with Gasteiger partial charge in [-0.25, -0.2) is 0 Å². The molecule has 1 atom stereocenters. The number of carbonyl (C=O) groups excluding carboxylic acids is 1. The van der Waals surface area contributed by atoms with Gasteiger partial charge in [-0.15, -0.1) is 0 Å². The van der Waals surface area contributed by atoms with E-state index in [-0.39, 0.29) is 5.91 Å². The predicted octanol–water partition coefficient (Wildman–Crippen LogP) is 1.67. The second kappa shape index (κ2) is 5.50. The van der Waals surface area contributed by atoms with Gasteiger partial charge in [0, 0.05) is 13.0 Å². The Bertz CT molecular complexity index is 206. The smallest absolute Gasteiger partial charge is 0.220 e. The number of nitrogens with one attached hydrogen (secondary N) is 1. The highest BCUT2D eigenvalue weighted by Gasteiger charge is 2.35. The number of amides is 1. The summed E-state index contributed by atoms with van der Waals surface area (Å²) in [6, 6.07) is 0. The molecule has 15 heavy (non-hydrogen) atoms. The van der Waals surface area contributed by atoms with Gasteiger partial charge in [0.15, 0.2) is 0 Å². The normalized spacial score (nSPS) is 20.5. The van der Waals surface area contributed by atoms with E-state index in [0.717, 1.165) is 6.54 Å². The van der Waals surface area contributed by atoms with E-state index in [0.29, 0.717) is 24.3 Å². The topological polar surface area (TPSA) is 55.1 Å². The van der Waals surface area contributed by atoms with E-state index < -0.39 is 0 Å². The summed E-state index contributed by atoms with van der Waals surface area (Å²) in [6.07, 6.45) is 5.62. The highest BCUT2D eigenvalue weighted by molar-refractivity contribution is 5.76. The Morgan fingerprint density at radius 2 is 2.20 bits per heavy atom. The van der Waals surface area contributed by atoms with Crippen LogP contribution in [-0.4, -0.2) is 19.0 Å². The van der Waals surface area contributed by atoms with Gasteiger partial charge in [-0.1, -0.05) is 20.3 Å². The first-order chi connectivity index (χ1) is 7.12. The Labute approximate surface area is 92.8 Å². The van der Waals surface area contributed by atoms with Crippen molar-refractivity contribution < 1.29 is 4.79 Å². The maximum atomic E-state index is 11.5. The maximum absolute atomic E-state index is 11.5. The summed E-state index contributed by atoms with van der Waals surface area (Å²) in [5, 5.41) is 3.05. The lowest BCUT2D eigenvalue weighted by atomic mass is 9.67. The molecule has 1 aliphatic carbocycles. The van der Waals surface area contributed by atoms with Gasteiger partial charge < -0.3 is 11.1 Å². The van der Waals surface area contributed by atoms with Gasteiger partial charge in [-0.3, -0.25) is 4.79 Å². The SMILES string of the molecule is CCC1(CNC(=O)CC(C)CN)CCC1. The molecule has 1 saturated carbocycles. The number of rotatable bonds is 6. The van der Waals surface area contributed by atoms with Gasteiger partial charge in [-0.05, 0) is 37.1 Å². The van der Waals surface area contributed by atoms with Crippen LogP contribution in [0.2, 0.25) is 0 Å². The van der Waals surface area contributed by atoms with Gasteiger partial charge in [0.2, 0.25) is 5.91 Å². The summed E-state index contributed by atoms with van der Waals surface area (Å²) in [5.74, 6) is 0.455. The molecule has 0 heterocycles. The van der Waals surface area contributed by atoms with E-state index in [1.807, 2.05) is 6.92 Å². The van der Waals surface area contributed by atoms with Crippen LogP contribution in [0.3, 0.4) is 0 Å². The zero-order valence-corrected chi connectivity index (χ0v) is 10.0. The third kappa shape index (κ3) is 3.49. The third-order valence-electron chi connectivity index (χ3n) is 3.76. The second-order valence-electron chi connectivity index (χ2n) is 5.03. The van der Waals surface area contributed by atoms with Crippen molar-refractivity contribution in [3.05, 3.63) is 0 Å². The van der Waals surface area contributed by atoms with Crippen LogP contribution in [-0.2, 0) is 4.79 Å². The van der Waals surface area contributed by atoms with Gasteiger partial charge in [0.05, 0.1) is 0 Å². The first-order valence-corrected chi connectivity index (χ1v) is 6.08. The molecule has 0 bridgehead atoms. The first kappa shape index (κ1) is 12.5. The van der Waals surface area contributed by atoms with E-state index in [4.69, 9.17) is 5.73 Å². The minimum Gasteiger partial charge on any atom is -0.356 e. The molecule has 1 rings (SSSR count). The van der Waals surface area contributed by atoms with Crippen molar-refractivity contribution in [3.8, 4) is 0 Å². The molecule has 0 spiro atoms. The van der Waals surface area contributed by atoms with E-state index in [1.54, 1.807) is 0 Å². The summed E-state index contributed by atoms with van der Waals surface area (Å²) >= 11 is 0. The molecule has 0 aromatic carbocycles. The van der Waals surface area contributed by atoms with Gasteiger partial charge in [0.1, 0.15) is 0 Å². The van der Waals surface area contributed by atoms with Gasteiger partial charge >= 0.3 is 0 Å². The Morgan fingerprint density at radius 1 is 1.53 bits per heavy atom. The monoisotopic (exact) mass is 212 g/mol. The summed E-state index contributed by atoms with van der Waals surface area (Å²) < 4.78 is 0. The van der Waals surface area contributed by atoms with E-state index in [1.165, 1.54) is 25.7 Å². The van der Waals surface area contributed by atoms with Crippen molar-refractivity contribution in [1.29, 1.82) is 0 Å². The van der Waals surface area contributed by atoms with Crippen molar-refractivity contribution in [3.63, 3.8) is 0 Å². The van der Waals surface area contributed by atoms with Crippen molar-refractivity contribution in [2.24, 2.45) is 17.1 Å². The lowest BCUT2D eigenvalue weighted by molar-refractivity contribution is -0.122. The van der Waals surface area contributed by atoms with Crippen molar-refractivity contribution in [2.75, 3.05) is 13.1 Å². The average molecular weight is 212 g/mol. The molecule has 3 heteroatoms. The fourth-order valence-electron chi connectivity index (χ4n) is 2.09. The maximum Gasteiger partial charge on any atom is 0.220 e. The quantitative estimate of drug-likeness (QED) is 0.703. The summed E-state index contributed by atoms with van der Waals surface area (Å²) in [5.41, 5.74) is 5.90. The molecule has 0 aliphatic heterocycles. The summed E-state index contributed by atoms with van der Waals surface area (Å²) in [4.78, 5) is 11.5. The first-order valence-electron chi connectivity index (χ1n) is 6.08. The van der Waals surface area contributed by atoms with Gasteiger partial charge in [-0.2, -0.15) is 0 Å². The van der Waals surface area contributed by atoms with Crippen LogP contribution in [0.1, 0.15) is 46.0 Å². The highest BCUT2D eigenvalue weighted by Crippen LogP contribution is 2.42. The zero-order chi connectivity index (χ0) is 11.3. The van der Waals surface area contributed by atoms with Crippen LogP contribution >= 0.6 is 0 Å². The molecule has 88 valence electrons. The minimum atomic E-state index is 0.160. The molecule has 1 fully saturated rings. The van der Waals surface area contributed by atoms with Crippen molar-refractivity contribution >= 4 is 5.91 Å². The largest absolute Gasteiger partial charge is 0.356 e. The van der Waals surface area contributed by atoms with Crippen molar-refractivity contribution in [1.82, 2.24) is 5.32 Å². The number of nitrogens with two attached hydrogens (primary N) is 1. The molecular weight excluding hydrogens is 188 g/mol. The zero-order valence-electron chi connectivity index (χ0n) is 10.0. The van der Waals surface area contributed by atoms with E-state index >= 15 is 0 Å². The highest BCUT2D eigenvalue weighted by atomic mass is 16.1. The standard InChI is InChI=1S/C12H24N2O/c1-3-12(5-4-6-12)9-14-11(15)7-10(2)8-13/h10H,3-9,13H2,1-2H3,(H,14,15). The Balaban J connectivity index is 2.21. The molecule has 1 amide bonds. The van der Waals surface area contributed by atoms with Crippen LogP contribution in [0.15, 0.2) is 0 Å². The van der Waals surface area contributed by atoms with Crippen molar-refractivity contribution in [2.45, 2.75) is 46.0 Å². The van der Waals surface area contributed by atoms with E-state index in [9.17, 15) is 4.79 Å². The fraction of sp³-hybridized carbons (Fsp3) is 0.917. The molecule has 0 saturated heterocycles. The minimum absolute atomic E-state index is 0.160. The van der Waals surface area contributed by atoms with Crippen LogP contribution in [0.25, 0.3) is 0 Å². The molecule has 0 aromatic rings. The molecule has 1 aliphatic rings. The number of hydrogen-bond donors (Lipinski definition) is 2. The molecule has 0 radical (unpaired) electrons. The fourth-order valence-corrected chi connectivity index (χ4v) is 2.09. The van der Waals surface area contributed by atoms with Crippen LogP contribution < -0.4 is 11.1 Å². The Morgan fingerprint density at radius 3 is 2.60 bits per heavy atom. The number of hydrogen-bond acceptors (Lipinski definition) is 2. The van der Waals surface area contributed by atoms with Gasteiger partial charge in [0.25, 0.3) is 0 Å². The van der Waals surface area contributed by atoms with E-state index in [2.05, 4.69) is 12.2 Å². The Hall–Kier alpha value is -0.570. The second-order valence-corrected chi connectivity index (χ2v) is 5.03. The molecule has 3 nitrogen and oxygen atoms in total. The predicted molar refractivity (Wildman–Crippen MR) is 62.4 cm³/mol. The lowest BCUT2D eigenvalue weighted by Gasteiger charge is -2.41. The number of carbonyl (C=O) groups is 1. The third-order valence-corrected chi connectivity index (χ3v) is 3.76. The average Bonchev–Trinajstić information content (AvgIpc) is 2.16. The van der Waals surface area contributed by atoms with Crippen LogP contribution in [0.5, 0.6) is 0 Å². The molecule has 3 N–H and O–H groups in total. The molecular formula is C12H24N2O. The Kier molecular flexibility index (Phi) is 4.58. The summed E-state index contributed by atoms with van der Waals surface area (Å²) in [6.45, 7) is 5.68. The molecule has 0 aromatic heterocycles. The summed E-state index contributed by atoms with van der Waals surface area (Å²) in [7, 11) is 0. The lowest BCUT2D eigenvalue weighted by Crippen LogP contribution is -2.42. The van der Waals surface area contributed by atoms with Crippen LogP contribution in [0, 0.1) is 11.3 Å². The molecule has 1 unspecified atom stereocenters. The van der Waals surface area contributed by atoms with Crippen LogP contribution in [0.4, 0.5) is 0 Å².